The largest absolute Gasteiger partial charge is 0.495 e. The minimum Gasteiger partial charge on any atom is -0.495 e. The van der Waals surface area contributed by atoms with E-state index in [0.717, 1.165) is 29.4 Å². The van der Waals surface area contributed by atoms with Gasteiger partial charge in [-0.1, -0.05) is 37.2 Å². The van der Waals surface area contributed by atoms with Crippen LogP contribution in [0, 0.1) is 0 Å². The van der Waals surface area contributed by atoms with E-state index in [2.05, 4.69) is 19.2 Å². The van der Waals surface area contributed by atoms with Gasteiger partial charge >= 0.3 is 0 Å². The van der Waals surface area contributed by atoms with Crippen molar-refractivity contribution in [3.05, 3.63) is 17.2 Å². The topological polar surface area (TPSA) is 42.8 Å². The van der Waals surface area contributed by atoms with Crippen LogP contribution in [0.15, 0.2) is 17.1 Å². The van der Waals surface area contributed by atoms with Crippen molar-refractivity contribution < 1.29 is 9.47 Å². The van der Waals surface area contributed by atoms with Gasteiger partial charge in [-0.25, -0.2) is 0 Å². The van der Waals surface area contributed by atoms with Crippen molar-refractivity contribution in [3.63, 3.8) is 0 Å². The molecule has 1 heterocycles. The summed E-state index contributed by atoms with van der Waals surface area (Å²) in [7, 11) is 3.21. The quantitative estimate of drug-likeness (QED) is 0.868. The average Bonchev–Trinajstić information content (AvgIpc) is 2.91. The third-order valence-electron chi connectivity index (χ3n) is 3.85. The van der Waals surface area contributed by atoms with Gasteiger partial charge in [0.1, 0.15) is 11.5 Å². The third kappa shape index (κ3) is 3.40. The van der Waals surface area contributed by atoms with Crippen LogP contribution in [0.25, 0.3) is 0 Å². The Bertz CT molecular complexity index is 545. The maximum atomic E-state index is 6.19. The minimum atomic E-state index is 0.0521. The van der Waals surface area contributed by atoms with E-state index >= 15 is 0 Å². The van der Waals surface area contributed by atoms with Crippen molar-refractivity contribution in [3.8, 4) is 11.5 Å². The molecule has 0 spiro atoms. The number of aliphatic imine (C=N–C) groups is 1. The molecule has 1 aromatic rings. The van der Waals surface area contributed by atoms with Crippen LogP contribution >= 0.6 is 23.4 Å². The van der Waals surface area contributed by atoms with Crippen LogP contribution in [0.5, 0.6) is 11.5 Å². The summed E-state index contributed by atoms with van der Waals surface area (Å²) in [5.41, 5.74) is 0.855. The van der Waals surface area contributed by atoms with Gasteiger partial charge in [-0.15, -0.1) is 0 Å². The first kappa shape index (κ1) is 16.3. The Labute approximate surface area is 135 Å². The third-order valence-corrected chi connectivity index (χ3v) is 5.29. The first-order chi connectivity index (χ1) is 10.1. The maximum Gasteiger partial charge on any atom is 0.161 e. The number of hydrogen-bond donors (Lipinski definition) is 1. The van der Waals surface area contributed by atoms with Gasteiger partial charge in [0.25, 0.3) is 0 Å². The van der Waals surface area contributed by atoms with Crippen LogP contribution in [0.2, 0.25) is 5.02 Å². The first-order valence-corrected chi connectivity index (χ1v) is 8.35. The zero-order chi connectivity index (χ0) is 15.5. The highest BCUT2D eigenvalue weighted by Gasteiger charge is 2.32. The molecule has 0 aliphatic carbocycles. The number of amidine groups is 1. The Hall–Kier alpha value is -1.07. The summed E-state index contributed by atoms with van der Waals surface area (Å²) in [6.45, 7) is 4.36. The molecule has 1 aromatic carbocycles. The van der Waals surface area contributed by atoms with Crippen LogP contribution in [-0.2, 0) is 0 Å². The molecule has 0 aromatic heterocycles. The lowest BCUT2D eigenvalue weighted by molar-refractivity contribution is 0.396. The number of nitrogens with zero attached hydrogens (tertiary/aromatic N) is 1. The van der Waals surface area contributed by atoms with Crippen LogP contribution in [0.3, 0.4) is 0 Å². The number of rotatable bonds is 5. The zero-order valence-corrected chi connectivity index (χ0v) is 14.4. The molecule has 0 saturated heterocycles. The summed E-state index contributed by atoms with van der Waals surface area (Å²) in [5, 5.41) is 4.78. The molecule has 0 unspecified atom stereocenters. The lowest BCUT2D eigenvalue weighted by Gasteiger charge is -2.20. The molecule has 4 nitrogen and oxygen atoms in total. The summed E-state index contributed by atoms with van der Waals surface area (Å²) < 4.78 is 10.6. The smallest absolute Gasteiger partial charge is 0.161 e. The highest BCUT2D eigenvalue weighted by Crippen LogP contribution is 2.38. The number of nitrogens with one attached hydrogen (secondary N) is 1. The highest BCUT2D eigenvalue weighted by atomic mass is 35.5. The van der Waals surface area contributed by atoms with Gasteiger partial charge in [-0.05, 0) is 18.9 Å². The van der Waals surface area contributed by atoms with Gasteiger partial charge in [0.05, 0.1) is 30.5 Å². The Kier molecular flexibility index (Phi) is 5.27. The number of anilines is 1. The summed E-state index contributed by atoms with van der Waals surface area (Å²) in [6, 6.07) is 3.58. The van der Waals surface area contributed by atoms with Crippen LogP contribution in [0.1, 0.15) is 26.7 Å². The van der Waals surface area contributed by atoms with Gasteiger partial charge in [0, 0.05) is 11.8 Å². The van der Waals surface area contributed by atoms with Crippen molar-refractivity contribution in [2.75, 3.05) is 25.3 Å². The lowest BCUT2D eigenvalue weighted by atomic mass is 9.97. The monoisotopic (exact) mass is 328 g/mol. The second-order valence-corrected chi connectivity index (χ2v) is 6.32. The van der Waals surface area contributed by atoms with Crippen molar-refractivity contribution in [1.29, 1.82) is 0 Å². The van der Waals surface area contributed by atoms with E-state index in [9.17, 15) is 0 Å². The standard InChI is InChI=1S/C15H21ClN2O2S/c1-5-15(6-2)9-21-14(18-15)17-11-7-10(16)12(19-3)8-13(11)20-4/h7-8H,5-6,9H2,1-4H3,(H,17,18). The Morgan fingerprint density at radius 2 is 1.90 bits per heavy atom. The van der Waals surface area contributed by atoms with E-state index in [4.69, 9.17) is 26.1 Å². The summed E-state index contributed by atoms with van der Waals surface area (Å²) in [4.78, 5) is 4.84. The Balaban J connectivity index is 2.26. The van der Waals surface area contributed by atoms with Crippen molar-refractivity contribution in [2.24, 2.45) is 4.99 Å². The molecular formula is C15H21ClN2O2S. The van der Waals surface area contributed by atoms with Crippen LogP contribution in [-0.4, -0.2) is 30.7 Å². The predicted molar refractivity (Wildman–Crippen MR) is 91.4 cm³/mol. The molecule has 0 saturated carbocycles. The van der Waals surface area contributed by atoms with E-state index in [0.29, 0.717) is 16.5 Å². The fourth-order valence-electron chi connectivity index (χ4n) is 2.23. The molecule has 0 radical (unpaired) electrons. The SMILES string of the molecule is CCC1(CC)CSC(Nc2cc(Cl)c(OC)cc2OC)=N1. The van der Waals surface area contributed by atoms with E-state index in [1.165, 1.54) is 0 Å². The minimum absolute atomic E-state index is 0.0521. The Morgan fingerprint density at radius 3 is 2.43 bits per heavy atom. The molecule has 0 bridgehead atoms. The zero-order valence-electron chi connectivity index (χ0n) is 12.8. The normalized spacial score (nSPS) is 16.5. The van der Waals surface area contributed by atoms with Crippen molar-refractivity contribution in [1.82, 2.24) is 0 Å². The van der Waals surface area contributed by atoms with Gasteiger partial charge in [0.15, 0.2) is 5.17 Å². The van der Waals surface area contributed by atoms with E-state index in [1.807, 2.05) is 0 Å². The van der Waals surface area contributed by atoms with Gasteiger partial charge < -0.3 is 14.8 Å². The molecule has 116 valence electrons. The molecule has 21 heavy (non-hydrogen) atoms. The van der Waals surface area contributed by atoms with Crippen LogP contribution < -0.4 is 14.8 Å². The number of thioether (sulfide) groups is 1. The number of ether oxygens (including phenoxy) is 2. The number of methoxy groups -OCH3 is 2. The molecular weight excluding hydrogens is 308 g/mol. The maximum absolute atomic E-state index is 6.19. The summed E-state index contributed by atoms with van der Waals surface area (Å²) in [6.07, 6.45) is 2.09. The fourth-order valence-corrected chi connectivity index (χ4v) is 3.79. The lowest BCUT2D eigenvalue weighted by Crippen LogP contribution is -2.24. The predicted octanol–water partition coefficient (Wildman–Crippen LogP) is 4.43. The molecule has 6 heteroatoms. The number of benzene rings is 1. The van der Waals surface area contributed by atoms with E-state index < -0.39 is 0 Å². The van der Waals surface area contributed by atoms with Gasteiger partial charge in [-0.3, -0.25) is 4.99 Å². The fraction of sp³-hybridized carbons (Fsp3) is 0.533. The molecule has 1 aliphatic heterocycles. The second kappa shape index (κ2) is 6.79. The van der Waals surface area contributed by atoms with Gasteiger partial charge in [-0.2, -0.15) is 0 Å². The number of halogens is 1. The summed E-state index contributed by atoms with van der Waals surface area (Å²) >= 11 is 7.92. The van der Waals surface area contributed by atoms with Crippen LogP contribution in [0.4, 0.5) is 5.69 Å². The molecule has 1 aliphatic rings. The van der Waals surface area contributed by atoms with E-state index in [1.54, 1.807) is 38.1 Å². The first-order valence-electron chi connectivity index (χ1n) is 6.98. The molecule has 0 fully saturated rings. The van der Waals surface area contributed by atoms with Crippen molar-refractivity contribution >= 4 is 34.2 Å². The molecule has 0 amide bonds. The number of hydrogen-bond acceptors (Lipinski definition) is 5. The average molecular weight is 329 g/mol. The second-order valence-electron chi connectivity index (χ2n) is 4.95. The highest BCUT2D eigenvalue weighted by molar-refractivity contribution is 8.14. The summed E-state index contributed by atoms with van der Waals surface area (Å²) in [5.74, 6) is 2.29. The van der Waals surface area contributed by atoms with E-state index in [-0.39, 0.29) is 5.54 Å². The molecule has 1 N–H and O–H groups in total. The van der Waals surface area contributed by atoms with Crippen molar-refractivity contribution in [2.45, 2.75) is 32.2 Å². The van der Waals surface area contributed by atoms with Gasteiger partial charge in [0.2, 0.25) is 0 Å². The molecule has 2 rings (SSSR count). The molecule has 0 atom stereocenters. The Morgan fingerprint density at radius 1 is 1.24 bits per heavy atom.